The highest BCUT2D eigenvalue weighted by molar-refractivity contribution is 5.86. The Morgan fingerprint density at radius 2 is 2.29 bits per heavy atom. The van der Waals surface area contributed by atoms with Gasteiger partial charge in [0.2, 0.25) is 0 Å². The average Bonchev–Trinajstić information content (AvgIpc) is 2.64. The number of aromatic amines is 1. The summed E-state index contributed by atoms with van der Waals surface area (Å²) in [4.78, 5) is 14.4. The number of benzene rings is 1. The molecule has 0 saturated heterocycles. The van der Waals surface area contributed by atoms with Gasteiger partial charge in [0.1, 0.15) is 0 Å². The lowest BCUT2D eigenvalue weighted by molar-refractivity contribution is -0.142. The molecule has 1 aliphatic carbocycles. The van der Waals surface area contributed by atoms with Crippen molar-refractivity contribution in [3.63, 3.8) is 0 Å². The smallest absolute Gasteiger partial charge is 0.306 e. The van der Waals surface area contributed by atoms with Crippen LogP contribution in [-0.4, -0.2) is 16.1 Å². The maximum Gasteiger partial charge on any atom is 0.306 e. The van der Waals surface area contributed by atoms with Crippen molar-refractivity contribution in [2.75, 3.05) is 0 Å². The van der Waals surface area contributed by atoms with Crippen molar-refractivity contribution in [3.05, 3.63) is 35.0 Å². The van der Waals surface area contributed by atoms with Crippen LogP contribution in [0.15, 0.2) is 18.2 Å². The van der Waals surface area contributed by atoms with Crippen LogP contribution in [-0.2, 0) is 17.6 Å². The lowest BCUT2D eigenvalue weighted by Crippen LogP contribution is -2.21. The van der Waals surface area contributed by atoms with Crippen LogP contribution in [0, 0.1) is 12.8 Å². The molecule has 88 valence electrons. The van der Waals surface area contributed by atoms with E-state index >= 15 is 0 Å². The Balaban J connectivity index is 2.09. The van der Waals surface area contributed by atoms with Crippen LogP contribution in [0.25, 0.3) is 10.9 Å². The second-order valence-electron chi connectivity index (χ2n) is 4.91. The van der Waals surface area contributed by atoms with Crippen LogP contribution in [0.3, 0.4) is 0 Å². The number of hydrogen-bond acceptors (Lipinski definition) is 1. The number of fused-ring (bicyclic) bond motifs is 3. The van der Waals surface area contributed by atoms with Gasteiger partial charge in [0.15, 0.2) is 0 Å². The molecule has 0 spiro atoms. The summed E-state index contributed by atoms with van der Waals surface area (Å²) < 4.78 is 0. The zero-order chi connectivity index (χ0) is 12.0. The third-order valence-corrected chi connectivity index (χ3v) is 3.69. The van der Waals surface area contributed by atoms with Crippen molar-refractivity contribution in [2.45, 2.75) is 26.2 Å². The molecule has 1 aromatic carbocycles. The van der Waals surface area contributed by atoms with Gasteiger partial charge in [0.25, 0.3) is 0 Å². The van der Waals surface area contributed by atoms with Crippen molar-refractivity contribution in [1.29, 1.82) is 0 Å². The van der Waals surface area contributed by atoms with E-state index in [1.54, 1.807) is 0 Å². The molecule has 3 heteroatoms. The lowest BCUT2D eigenvalue weighted by atomic mass is 9.87. The number of carboxylic acid groups (broad SMARTS) is 1. The highest BCUT2D eigenvalue weighted by Gasteiger charge is 2.26. The fourth-order valence-corrected chi connectivity index (χ4v) is 2.76. The van der Waals surface area contributed by atoms with Gasteiger partial charge in [-0.05, 0) is 37.0 Å². The maximum atomic E-state index is 11.0. The first-order valence-electron chi connectivity index (χ1n) is 5.98. The molecule has 1 atom stereocenters. The number of rotatable bonds is 1. The molecule has 0 bridgehead atoms. The second kappa shape index (κ2) is 3.62. The summed E-state index contributed by atoms with van der Waals surface area (Å²) >= 11 is 0. The minimum absolute atomic E-state index is 0.225. The summed E-state index contributed by atoms with van der Waals surface area (Å²) in [6.45, 7) is 2.07. The standard InChI is InChI=1S/C14H15NO2/c1-8-2-4-10-11-5-3-9(14(16)17)7-13(11)15-12(10)6-8/h2,4,6,9,15H,3,5,7H2,1H3,(H,16,17). The van der Waals surface area contributed by atoms with Crippen molar-refractivity contribution in [1.82, 2.24) is 4.98 Å². The fraction of sp³-hybridized carbons (Fsp3) is 0.357. The first kappa shape index (κ1) is 10.4. The Bertz CT molecular complexity index is 598. The molecule has 3 nitrogen and oxygen atoms in total. The molecule has 0 aliphatic heterocycles. The predicted octanol–water partition coefficient (Wildman–Crippen LogP) is 2.67. The van der Waals surface area contributed by atoms with E-state index in [4.69, 9.17) is 5.11 Å². The van der Waals surface area contributed by atoms with E-state index in [0.29, 0.717) is 6.42 Å². The molecular weight excluding hydrogens is 214 g/mol. The molecular formula is C14H15NO2. The van der Waals surface area contributed by atoms with Gasteiger partial charge in [0.05, 0.1) is 5.92 Å². The van der Waals surface area contributed by atoms with Crippen molar-refractivity contribution >= 4 is 16.9 Å². The first-order chi connectivity index (χ1) is 8.15. The molecule has 2 N–H and O–H groups in total. The number of aliphatic carboxylic acids is 1. The van der Waals surface area contributed by atoms with Gasteiger partial charge >= 0.3 is 5.97 Å². The zero-order valence-electron chi connectivity index (χ0n) is 9.79. The number of carboxylic acids is 1. The van der Waals surface area contributed by atoms with Gasteiger partial charge in [-0.3, -0.25) is 4.79 Å². The fourth-order valence-electron chi connectivity index (χ4n) is 2.76. The minimum Gasteiger partial charge on any atom is -0.481 e. The maximum absolute atomic E-state index is 11.0. The van der Waals surface area contributed by atoms with E-state index in [-0.39, 0.29) is 5.92 Å². The van der Waals surface area contributed by atoms with E-state index in [0.717, 1.165) is 24.1 Å². The molecule has 0 fully saturated rings. The van der Waals surface area contributed by atoms with Crippen molar-refractivity contribution < 1.29 is 9.90 Å². The van der Waals surface area contributed by atoms with E-state index in [2.05, 4.69) is 30.1 Å². The molecule has 2 aromatic rings. The van der Waals surface area contributed by atoms with Crippen LogP contribution in [0.5, 0.6) is 0 Å². The number of hydrogen-bond donors (Lipinski definition) is 2. The van der Waals surface area contributed by atoms with Crippen LogP contribution in [0.2, 0.25) is 0 Å². The Hall–Kier alpha value is -1.77. The van der Waals surface area contributed by atoms with Crippen LogP contribution in [0.4, 0.5) is 0 Å². The molecule has 3 rings (SSSR count). The molecule has 0 radical (unpaired) electrons. The topological polar surface area (TPSA) is 53.1 Å². The summed E-state index contributed by atoms with van der Waals surface area (Å²) in [5, 5.41) is 10.3. The van der Waals surface area contributed by atoms with E-state index in [9.17, 15) is 4.79 Å². The molecule has 1 heterocycles. The van der Waals surface area contributed by atoms with Crippen molar-refractivity contribution in [3.8, 4) is 0 Å². The Labute approximate surface area is 99.5 Å². The molecule has 1 aliphatic rings. The monoisotopic (exact) mass is 229 g/mol. The zero-order valence-corrected chi connectivity index (χ0v) is 9.79. The lowest BCUT2D eigenvalue weighted by Gasteiger charge is -2.18. The quantitative estimate of drug-likeness (QED) is 0.789. The van der Waals surface area contributed by atoms with Gasteiger partial charge in [-0.1, -0.05) is 12.1 Å². The normalized spacial score (nSPS) is 19.2. The van der Waals surface area contributed by atoms with E-state index in [1.165, 1.54) is 16.5 Å². The number of H-pyrrole nitrogens is 1. The van der Waals surface area contributed by atoms with Crippen LogP contribution in [0.1, 0.15) is 23.2 Å². The van der Waals surface area contributed by atoms with Gasteiger partial charge < -0.3 is 10.1 Å². The highest BCUT2D eigenvalue weighted by Crippen LogP contribution is 2.32. The summed E-state index contributed by atoms with van der Waals surface area (Å²) in [6.07, 6.45) is 2.26. The Morgan fingerprint density at radius 1 is 1.47 bits per heavy atom. The third kappa shape index (κ3) is 1.62. The van der Waals surface area contributed by atoms with Gasteiger partial charge in [-0.2, -0.15) is 0 Å². The van der Waals surface area contributed by atoms with E-state index in [1.807, 2.05) is 0 Å². The van der Waals surface area contributed by atoms with Crippen LogP contribution < -0.4 is 0 Å². The molecule has 0 saturated carbocycles. The highest BCUT2D eigenvalue weighted by atomic mass is 16.4. The SMILES string of the molecule is Cc1ccc2c3c([nH]c2c1)CC(C(=O)O)CC3. The summed E-state index contributed by atoms with van der Waals surface area (Å²) in [5.74, 6) is -0.901. The van der Waals surface area contributed by atoms with Crippen LogP contribution >= 0.6 is 0 Å². The number of aryl methyl sites for hydroxylation is 2. The summed E-state index contributed by atoms with van der Waals surface area (Å²) in [6, 6.07) is 6.38. The molecule has 1 unspecified atom stereocenters. The molecule has 1 aromatic heterocycles. The molecule has 0 amide bonds. The predicted molar refractivity (Wildman–Crippen MR) is 66.2 cm³/mol. The first-order valence-corrected chi connectivity index (χ1v) is 5.98. The second-order valence-corrected chi connectivity index (χ2v) is 4.91. The van der Waals surface area contributed by atoms with Gasteiger partial charge in [-0.15, -0.1) is 0 Å². The van der Waals surface area contributed by atoms with Gasteiger partial charge in [-0.25, -0.2) is 0 Å². The number of carbonyl (C=O) groups is 1. The number of aromatic nitrogens is 1. The van der Waals surface area contributed by atoms with E-state index < -0.39 is 5.97 Å². The van der Waals surface area contributed by atoms with Gasteiger partial charge in [0, 0.05) is 23.0 Å². The largest absolute Gasteiger partial charge is 0.481 e. The number of nitrogens with one attached hydrogen (secondary N) is 1. The molecule has 17 heavy (non-hydrogen) atoms. The summed E-state index contributed by atoms with van der Waals surface area (Å²) in [7, 11) is 0. The minimum atomic E-state index is -0.675. The average molecular weight is 229 g/mol. The van der Waals surface area contributed by atoms with Crippen molar-refractivity contribution in [2.24, 2.45) is 5.92 Å². The summed E-state index contributed by atoms with van der Waals surface area (Å²) in [5.41, 5.74) is 4.80. The third-order valence-electron chi connectivity index (χ3n) is 3.69. The Morgan fingerprint density at radius 3 is 3.06 bits per heavy atom. The Kier molecular flexibility index (Phi) is 2.21.